The number of ketones is 1. The van der Waals surface area contributed by atoms with Crippen LogP contribution in [0.5, 0.6) is 0 Å². The van der Waals surface area contributed by atoms with Crippen LogP contribution in [0.2, 0.25) is 0 Å². The van der Waals surface area contributed by atoms with Crippen molar-refractivity contribution in [2.24, 2.45) is 0 Å². The zero-order valence-electron chi connectivity index (χ0n) is 9.41. The quantitative estimate of drug-likeness (QED) is 0.617. The zero-order valence-corrected chi connectivity index (χ0v) is 9.41. The van der Waals surface area contributed by atoms with Crippen LogP contribution in [0.25, 0.3) is 0 Å². The second kappa shape index (κ2) is 4.79. The van der Waals surface area contributed by atoms with Gasteiger partial charge in [-0.25, -0.2) is 4.39 Å². The van der Waals surface area contributed by atoms with Crippen LogP contribution in [0.1, 0.15) is 21.5 Å². The summed E-state index contributed by atoms with van der Waals surface area (Å²) in [5.74, 6) is -2.36. The summed E-state index contributed by atoms with van der Waals surface area (Å²) >= 11 is 0. The second-order valence-corrected chi connectivity index (χ2v) is 3.73. The molecule has 0 bridgehead atoms. The lowest BCUT2D eigenvalue weighted by molar-refractivity contribution is -0.140. The Morgan fingerprint density at radius 1 is 1.05 bits per heavy atom. The number of nitrogens with zero attached hydrogens (tertiary/aromatic N) is 1. The van der Waals surface area contributed by atoms with Gasteiger partial charge in [0, 0.05) is 23.5 Å². The van der Waals surface area contributed by atoms with E-state index in [1.165, 1.54) is 24.5 Å². The van der Waals surface area contributed by atoms with E-state index in [-0.39, 0.29) is 5.56 Å². The van der Waals surface area contributed by atoms with E-state index in [9.17, 15) is 22.4 Å². The maximum absolute atomic E-state index is 13.3. The standard InChI is InChI=1S/C13H7F4NO/c14-10-3-1-2-9(11(10)13(15,16)17)12(19)8-4-6-18-7-5-8/h1-7H. The smallest absolute Gasteiger partial charge is 0.289 e. The van der Waals surface area contributed by atoms with Crippen LogP contribution in [-0.2, 0) is 6.18 Å². The number of alkyl halides is 3. The van der Waals surface area contributed by atoms with Crippen molar-refractivity contribution in [1.29, 1.82) is 0 Å². The number of aromatic nitrogens is 1. The summed E-state index contributed by atoms with van der Waals surface area (Å²) in [6, 6.07) is 5.24. The van der Waals surface area contributed by atoms with E-state index < -0.39 is 28.9 Å². The van der Waals surface area contributed by atoms with Crippen molar-refractivity contribution < 1.29 is 22.4 Å². The van der Waals surface area contributed by atoms with Gasteiger partial charge < -0.3 is 0 Å². The Labute approximate surface area is 105 Å². The van der Waals surface area contributed by atoms with Crippen molar-refractivity contribution in [3.05, 3.63) is 65.2 Å². The van der Waals surface area contributed by atoms with Gasteiger partial charge in [-0.2, -0.15) is 13.2 Å². The summed E-state index contributed by atoms with van der Waals surface area (Å²) in [6.45, 7) is 0. The molecule has 0 saturated heterocycles. The molecule has 98 valence electrons. The van der Waals surface area contributed by atoms with E-state index in [4.69, 9.17) is 0 Å². The molecule has 0 fully saturated rings. The van der Waals surface area contributed by atoms with E-state index in [0.29, 0.717) is 6.07 Å². The Morgan fingerprint density at radius 3 is 2.26 bits per heavy atom. The molecule has 0 aliphatic heterocycles. The average Bonchev–Trinajstić information content (AvgIpc) is 2.37. The largest absolute Gasteiger partial charge is 0.419 e. The lowest BCUT2D eigenvalue weighted by atomic mass is 9.98. The van der Waals surface area contributed by atoms with Crippen LogP contribution in [0.3, 0.4) is 0 Å². The third-order valence-electron chi connectivity index (χ3n) is 2.48. The number of carbonyl (C=O) groups is 1. The molecule has 6 heteroatoms. The Hall–Kier alpha value is -2.24. The van der Waals surface area contributed by atoms with Gasteiger partial charge in [-0.05, 0) is 18.2 Å². The highest BCUT2D eigenvalue weighted by Gasteiger charge is 2.38. The minimum absolute atomic E-state index is 0.0195. The Bertz CT molecular complexity index is 608. The maximum atomic E-state index is 13.3. The van der Waals surface area contributed by atoms with Crippen LogP contribution >= 0.6 is 0 Å². The SMILES string of the molecule is O=C(c1ccncc1)c1cccc(F)c1C(F)(F)F. The van der Waals surface area contributed by atoms with Crippen molar-refractivity contribution in [2.75, 3.05) is 0 Å². The summed E-state index contributed by atoms with van der Waals surface area (Å²) in [5, 5.41) is 0. The van der Waals surface area contributed by atoms with Gasteiger partial charge in [0.05, 0.1) is 0 Å². The normalized spacial score (nSPS) is 11.4. The molecule has 1 aromatic heterocycles. The van der Waals surface area contributed by atoms with Crippen LogP contribution in [-0.4, -0.2) is 10.8 Å². The van der Waals surface area contributed by atoms with E-state index in [1.54, 1.807) is 0 Å². The molecular weight excluding hydrogens is 262 g/mol. The van der Waals surface area contributed by atoms with E-state index >= 15 is 0 Å². The molecule has 0 N–H and O–H groups in total. The summed E-state index contributed by atoms with van der Waals surface area (Å²) in [7, 11) is 0. The number of carbonyl (C=O) groups excluding carboxylic acids is 1. The Kier molecular flexibility index (Phi) is 3.33. The number of benzene rings is 1. The fourth-order valence-corrected chi connectivity index (χ4v) is 1.66. The van der Waals surface area contributed by atoms with Gasteiger partial charge in [0.2, 0.25) is 0 Å². The van der Waals surface area contributed by atoms with Gasteiger partial charge in [0.1, 0.15) is 11.4 Å². The molecular formula is C13H7F4NO. The van der Waals surface area contributed by atoms with Crippen molar-refractivity contribution in [3.63, 3.8) is 0 Å². The molecule has 0 saturated carbocycles. The predicted octanol–water partition coefficient (Wildman–Crippen LogP) is 3.47. The van der Waals surface area contributed by atoms with Gasteiger partial charge in [0.15, 0.2) is 5.78 Å². The molecule has 0 unspecified atom stereocenters. The molecule has 2 aromatic rings. The topological polar surface area (TPSA) is 30.0 Å². The van der Waals surface area contributed by atoms with Crippen LogP contribution < -0.4 is 0 Å². The molecule has 0 aliphatic rings. The predicted molar refractivity (Wildman–Crippen MR) is 59.1 cm³/mol. The fraction of sp³-hybridized carbons (Fsp3) is 0.0769. The summed E-state index contributed by atoms with van der Waals surface area (Å²) in [5.41, 5.74) is -2.23. The first-order valence-electron chi connectivity index (χ1n) is 5.21. The second-order valence-electron chi connectivity index (χ2n) is 3.73. The maximum Gasteiger partial charge on any atom is 0.419 e. The third kappa shape index (κ3) is 2.62. The first-order valence-corrected chi connectivity index (χ1v) is 5.21. The lowest BCUT2D eigenvalue weighted by Gasteiger charge is -2.12. The van der Waals surface area contributed by atoms with Crippen LogP contribution in [0, 0.1) is 5.82 Å². The van der Waals surface area contributed by atoms with Crippen molar-refractivity contribution in [2.45, 2.75) is 6.18 Å². The van der Waals surface area contributed by atoms with Gasteiger partial charge >= 0.3 is 6.18 Å². The van der Waals surface area contributed by atoms with Crippen LogP contribution in [0.4, 0.5) is 17.6 Å². The molecule has 0 spiro atoms. The van der Waals surface area contributed by atoms with Gasteiger partial charge in [-0.15, -0.1) is 0 Å². The van der Waals surface area contributed by atoms with Gasteiger partial charge in [-0.1, -0.05) is 12.1 Å². The number of halogens is 4. The summed E-state index contributed by atoms with van der Waals surface area (Å²) in [6.07, 6.45) is -2.37. The third-order valence-corrected chi connectivity index (χ3v) is 2.48. The number of hydrogen-bond acceptors (Lipinski definition) is 2. The van der Waals surface area contributed by atoms with Crippen molar-refractivity contribution in [3.8, 4) is 0 Å². The molecule has 2 nitrogen and oxygen atoms in total. The highest BCUT2D eigenvalue weighted by Crippen LogP contribution is 2.34. The Morgan fingerprint density at radius 2 is 1.68 bits per heavy atom. The molecule has 0 aliphatic carbocycles. The van der Waals surface area contributed by atoms with Crippen molar-refractivity contribution in [1.82, 2.24) is 4.98 Å². The minimum atomic E-state index is -4.93. The van der Waals surface area contributed by atoms with Gasteiger partial charge in [0.25, 0.3) is 0 Å². The molecule has 1 heterocycles. The molecule has 0 radical (unpaired) electrons. The first kappa shape index (κ1) is 13.2. The number of pyridine rings is 1. The monoisotopic (exact) mass is 269 g/mol. The van der Waals surface area contributed by atoms with E-state index in [2.05, 4.69) is 4.98 Å². The van der Waals surface area contributed by atoms with Crippen molar-refractivity contribution >= 4 is 5.78 Å². The molecule has 1 aromatic carbocycles. The Balaban J connectivity index is 2.58. The molecule has 2 rings (SSSR count). The zero-order chi connectivity index (χ0) is 14.0. The molecule has 19 heavy (non-hydrogen) atoms. The highest BCUT2D eigenvalue weighted by molar-refractivity contribution is 6.09. The number of rotatable bonds is 2. The number of hydrogen-bond donors (Lipinski definition) is 0. The van der Waals surface area contributed by atoms with E-state index in [1.807, 2.05) is 0 Å². The van der Waals surface area contributed by atoms with Gasteiger partial charge in [-0.3, -0.25) is 9.78 Å². The highest BCUT2D eigenvalue weighted by atomic mass is 19.4. The molecule has 0 amide bonds. The van der Waals surface area contributed by atoms with Crippen LogP contribution in [0.15, 0.2) is 42.7 Å². The summed E-state index contributed by atoms with van der Waals surface area (Å²) in [4.78, 5) is 15.6. The summed E-state index contributed by atoms with van der Waals surface area (Å²) < 4.78 is 51.7. The molecule has 0 atom stereocenters. The average molecular weight is 269 g/mol. The van der Waals surface area contributed by atoms with E-state index in [0.717, 1.165) is 12.1 Å². The lowest BCUT2D eigenvalue weighted by Crippen LogP contribution is -2.16. The minimum Gasteiger partial charge on any atom is -0.289 e. The first-order chi connectivity index (χ1) is 8.91. The fourth-order valence-electron chi connectivity index (χ4n) is 1.66.